The number of nitrogen functional groups attached to an aromatic ring is 2. The van der Waals surface area contributed by atoms with Crippen LogP contribution >= 0.6 is 0 Å². The third-order valence-electron chi connectivity index (χ3n) is 3.08. The first kappa shape index (κ1) is 12.2. The summed E-state index contributed by atoms with van der Waals surface area (Å²) in [5.74, 6) is 0.876. The van der Waals surface area contributed by atoms with E-state index in [1.54, 1.807) is 12.1 Å². The number of nitrogens with two attached hydrogens (primary N) is 2. The molecular weight excluding hydrogens is 252 g/mol. The fourth-order valence-corrected chi connectivity index (χ4v) is 1.90. The molecule has 0 aliphatic rings. The molecule has 5 heteroatoms. The van der Waals surface area contributed by atoms with E-state index in [0.29, 0.717) is 23.2 Å². The van der Waals surface area contributed by atoms with Crippen LogP contribution in [-0.4, -0.2) is 10.2 Å². The van der Waals surface area contributed by atoms with Gasteiger partial charge in [-0.1, -0.05) is 12.1 Å². The molecule has 0 fully saturated rings. The molecule has 5 nitrogen and oxygen atoms in total. The van der Waals surface area contributed by atoms with Crippen molar-refractivity contribution in [1.29, 1.82) is 0 Å². The third-order valence-corrected chi connectivity index (χ3v) is 3.08. The predicted molar refractivity (Wildman–Crippen MR) is 78.7 cm³/mol. The lowest BCUT2D eigenvalue weighted by molar-refractivity contribution is 0.584. The molecule has 0 saturated carbocycles. The van der Waals surface area contributed by atoms with Gasteiger partial charge < -0.3 is 15.9 Å². The molecule has 4 N–H and O–H groups in total. The summed E-state index contributed by atoms with van der Waals surface area (Å²) in [5.41, 5.74) is 15.6. The van der Waals surface area contributed by atoms with Gasteiger partial charge in [0.1, 0.15) is 0 Å². The molecule has 0 spiro atoms. The number of nitrogens with zero attached hydrogens (tertiary/aromatic N) is 2. The van der Waals surface area contributed by atoms with Crippen molar-refractivity contribution in [2.75, 3.05) is 11.5 Å². The minimum Gasteiger partial charge on any atom is -0.416 e. The summed E-state index contributed by atoms with van der Waals surface area (Å²) in [7, 11) is 0. The zero-order valence-electron chi connectivity index (χ0n) is 11.0. The van der Waals surface area contributed by atoms with Gasteiger partial charge in [0.15, 0.2) is 0 Å². The predicted octanol–water partition coefficient (Wildman–Crippen LogP) is 2.88. The molecule has 0 aliphatic heterocycles. The van der Waals surface area contributed by atoms with Crippen molar-refractivity contribution in [1.82, 2.24) is 10.2 Å². The van der Waals surface area contributed by atoms with Crippen molar-refractivity contribution in [2.24, 2.45) is 0 Å². The highest BCUT2D eigenvalue weighted by molar-refractivity contribution is 5.65. The Labute approximate surface area is 116 Å². The van der Waals surface area contributed by atoms with Crippen molar-refractivity contribution in [3.63, 3.8) is 0 Å². The van der Waals surface area contributed by atoms with Crippen LogP contribution in [0.1, 0.15) is 5.56 Å². The lowest BCUT2D eigenvalue weighted by atomic mass is 10.1. The van der Waals surface area contributed by atoms with Crippen LogP contribution in [0.15, 0.2) is 46.9 Å². The van der Waals surface area contributed by atoms with Crippen LogP contribution in [0.25, 0.3) is 22.9 Å². The van der Waals surface area contributed by atoms with Gasteiger partial charge in [0.2, 0.25) is 11.8 Å². The van der Waals surface area contributed by atoms with Gasteiger partial charge in [-0.25, -0.2) is 0 Å². The number of hydrogen-bond donors (Lipinski definition) is 2. The van der Waals surface area contributed by atoms with Crippen LogP contribution in [0.5, 0.6) is 0 Å². The second-order valence-electron chi connectivity index (χ2n) is 4.61. The van der Waals surface area contributed by atoms with Crippen LogP contribution in [0.3, 0.4) is 0 Å². The van der Waals surface area contributed by atoms with E-state index < -0.39 is 0 Å². The molecule has 20 heavy (non-hydrogen) atoms. The van der Waals surface area contributed by atoms with Gasteiger partial charge in [-0.15, -0.1) is 10.2 Å². The first-order valence-corrected chi connectivity index (χ1v) is 6.19. The van der Waals surface area contributed by atoms with Crippen LogP contribution in [0, 0.1) is 6.92 Å². The van der Waals surface area contributed by atoms with Crippen molar-refractivity contribution >= 4 is 11.4 Å². The summed E-state index contributed by atoms with van der Waals surface area (Å²) in [6.07, 6.45) is 0. The van der Waals surface area contributed by atoms with Crippen LogP contribution in [0.4, 0.5) is 11.4 Å². The highest BCUT2D eigenvalue weighted by Crippen LogP contribution is 2.26. The molecule has 0 radical (unpaired) electrons. The summed E-state index contributed by atoms with van der Waals surface area (Å²) < 4.78 is 5.67. The summed E-state index contributed by atoms with van der Waals surface area (Å²) in [6.45, 7) is 1.95. The second-order valence-corrected chi connectivity index (χ2v) is 4.61. The Bertz CT molecular complexity index is 764. The number of aromatic nitrogens is 2. The van der Waals surface area contributed by atoms with Crippen LogP contribution in [-0.2, 0) is 0 Å². The van der Waals surface area contributed by atoms with Gasteiger partial charge in [-0.2, -0.15) is 0 Å². The molecular formula is C15H14N4O. The Hall–Kier alpha value is -2.82. The highest BCUT2D eigenvalue weighted by atomic mass is 16.4. The van der Waals surface area contributed by atoms with Gasteiger partial charge in [0.05, 0.1) is 0 Å². The monoisotopic (exact) mass is 266 g/mol. The maximum Gasteiger partial charge on any atom is 0.248 e. The van der Waals surface area contributed by atoms with E-state index in [9.17, 15) is 0 Å². The molecule has 3 rings (SSSR count). The minimum absolute atomic E-state index is 0.437. The van der Waals surface area contributed by atoms with E-state index in [2.05, 4.69) is 10.2 Å². The van der Waals surface area contributed by atoms with Gasteiger partial charge in [-0.3, -0.25) is 0 Å². The summed E-state index contributed by atoms with van der Waals surface area (Å²) in [5, 5.41) is 8.09. The summed E-state index contributed by atoms with van der Waals surface area (Å²) in [4.78, 5) is 0. The Kier molecular flexibility index (Phi) is 2.87. The molecule has 0 amide bonds. The number of hydrogen-bond acceptors (Lipinski definition) is 5. The van der Waals surface area contributed by atoms with Gasteiger partial charge >= 0.3 is 0 Å². The molecule has 1 heterocycles. The van der Waals surface area contributed by atoms with E-state index in [1.807, 2.05) is 37.3 Å². The van der Waals surface area contributed by atoms with E-state index in [4.69, 9.17) is 15.9 Å². The molecule has 0 aliphatic carbocycles. The topological polar surface area (TPSA) is 91.0 Å². The van der Waals surface area contributed by atoms with Crippen molar-refractivity contribution in [3.05, 3.63) is 48.0 Å². The highest BCUT2D eigenvalue weighted by Gasteiger charge is 2.11. The van der Waals surface area contributed by atoms with E-state index in [-0.39, 0.29) is 0 Å². The fourth-order valence-electron chi connectivity index (χ4n) is 1.90. The van der Waals surface area contributed by atoms with E-state index >= 15 is 0 Å². The lowest BCUT2D eigenvalue weighted by Crippen LogP contribution is -1.89. The Balaban J connectivity index is 1.99. The zero-order valence-corrected chi connectivity index (χ0v) is 11.0. The molecule has 100 valence electrons. The summed E-state index contributed by atoms with van der Waals surface area (Å²) >= 11 is 0. The smallest absolute Gasteiger partial charge is 0.248 e. The summed E-state index contributed by atoms with van der Waals surface area (Å²) in [6, 6.07) is 13.0. The molecule has 0 bridgehead atoms. The standard InChI is InChI=1S/C15H14N4O/c1-9-5-6-11(8-13(9)17)15-19-18-14(20-15)10-3-2-4-12(16)7-10/h2-8H,16-17H2,1H3. The van der Waals surface area contributed by atoms with Crippen molar-refractivity contribution in [3.8, 4) is 22.9 Å². The quantitative estimate of drug-likeness (QED) is 0.696. The van der Waals surface area contributed by atoms with Gasteiger partial charge in [-0.05, 0) is 42.8 Å². The molecule has 2 aromatic carbocycles. The molecule has 0 saturated heterocycles. The Morgan fingerprint density at radius 1 is 0.900 bits per heavy atom. The number of anilines is 2. The Morgan fingerprint density at radius 3 is 2.25 bits per heavy atom. The van der Waals surface area contributed by atoms with Gasteiger partial charge in [0.25, 0.3) is 0 Å². The van der Waals surface area contributed by atoms with Crippen molar-refractivity contribution in [2.45, 2.75) is 6.92 Å². The zero-order chi connectivity index (χ0) is 14.1. The van der Waals surface area contributed by atoms with Crippen molar-refractivity contribution < 1.29 is 4.42 Å². The minimum atomic E-state index is 0.437. The van der Waals surface area contributed by atoms with Crippen LogP contribution in [0.2, 0.25) is 0 Å². The van der Waals surface area contributed by atoms with E-state index in [0.717, 1.165) is 16.7 Å². The number of aryl methyl sites for hydroxylation is 1. The second kappa shape index (κ2) is 4.70. The largest absolute Gasteiger partial charge is 0.416 e. The average Bonchev–Trinajstić information content (AvgIpc) is 2.92. The lowest BCUT2D eigenvalue weighted by Gasteiger charge is -2.01. The molecule has 3 aromatic rings. The average molecular weight is 266 g/mol. The normalized spacial score (nSPS) is 10.7. The van der Waals surface area contributed by atoms with Gasteiger partial charge in [0, 0.05) is 22.5 Å². The SMILES string of the molecule is Cc1ccc(-c2nnc(-c3cccc(N)c3)o2)cc1N. The fraction of sp³-hybridized carbons (Fsp3) is 0.0667. The maximum atomic E-state index is 5.89. The van der Waals surface area contributed by atoms with Crippen LogP contribution < -0.4 is 11.5 Å². The molecule has 1 aromatic heterocycles. The van der Waals surface area contributed by atoms with E-state index in [1.165, 1.54) is 0 Å². The molecule has 0 atom stereocenters. The maximum absolute atomic E-state index is 5.89. The Morgan fingerprint density at radius 2 is 1.60 bits per heavy atom. The number of benzene rings is 2. The third kappa shape index (κ3) is 2.21. The number of rotatable bonds is 2. The first-order valence-electron chi connectivity index (χ1n) is 6.19. The first-order chi connectivity index (χ1) is 9.63. The molecule has 0 unspecified atom stereocenters.